The number of nitrogens with zero attached hydrogens (tertiary/aromatic N) is 2. The number of benzene rings is 2. The SMILES string of the molecule is CCCc1nc(C)c(C(=O)O)n1Cc1ccc2oc(-c3ccccc3N)c(Br)c2c1. The van der Waals surface area contributed by atoms with Gasteiger partial charge in [-0.2, -0.15) is 0 Å². The first-order valence-corrected chi connectivity index (χ1v) is 10.5. The fraction of sp³-hybridized carbons (Fsp3) is 0.217. The molecule has 0 unspecified atom stereocenters. The second kappa shape index (κ2) is 7.99. The second-order valence-corrected chi connectivity index (χ2v) is 8.06. The molecule has 0 fully saturated rings. The molecule has 3 N–H and O–H groups in total. The van der Waals surface area contributed by atoms with Crippen molar-refractivity contribution in [1.82, 2.24) is 9.55 Å². The number of aromatic carboxylic acids is 1. The van der Waals surface area contributed by atoms with Gasteiger partial charge in [0.1, 0.15) is 11.4 Å². The number of para-hydroxylation sites is 1. The number of hydrogen-bond donors (Lipinski definition) is 2. The number of carboxylic acids is 1. The maximum absolute atomic E-state index is 11.8. The summed E-state index contributed by atoms with van der Waals surface area (Å²) in [6.45, 7) is 4.22. The van der Waals surface area contributed by atoms with E-state index in [1.807, 2.05) is 42.5 Å². The van der Waals surface area contributed by atoms with E-state index in [-0.39, 0.29) is 5.69 Å². The Morgan fingerprint density at radius 1 is 1.27 bits per heavy atom. The minimum Gasteiger partial charge on any atom is -0.477 e. The Labute approximate surface area is 182 Å². The van der Waals surface area contributed by atoms with Gasteiger partial charge in [0.2, 0.25) is 0 Å². The zero-order valence-corrected chi connectivity index (χ0v) is 18.4. The molecule has 0 aliphatic carbocycles. The van der Waals surface area contributed by atoms with Gasteiger partial charge in [-0.3, -0.25) is 0 Å². The number of halogens is 1. The molecular weight excluding hydrogens is 446 g/mol. The summed E-state index contributed by atoms with van der Waals surface area (Å²) < 4.78 is 8.68. The van der Waals surface area contributed by atoms with Crippen LogP contribution in [0.25, 0.3) is 22.3 Å². The lowest BCUT2D eigenvalue weighted by molar-refractivity contribution is 0.0684. The number of fused-ring (bicyclic) bond motifs is 1. The number of anilines is 1. The summed E-state index contributed by atoms with van der Waals surface area (Å²) in [7, 11) is 0. The number of aryl methyl sites for hydroxylation is 2. The molecule has 4 aromatic rings. The lowest BCUT2D eigenvalue weighted by Gasteiger charge is -2.10. The summed E-state index contributed by atoms with van der Waals surface area (Å²) in [5.41, 5.74) is 10.1. The third-order valence-corrected chi connectivity index (χ3v) is 5.92. The highest BCUT2D eigenvalue weighted by molar-refractivity contribution is 9.10. The van der Waals surface area contributed by atoms with Crippen LogP contribution < -0.4 is 5.73 Å². The van der Waals surface area contributed by atoms with Crippen molar-refractivity contribution in [3.8, 4) is 11.3 Å². The molecular formula is C23H22BrN3O3. The summed E-state index contributed by atoms with van der Waals surface area (Å²) in [6, 6.07) is 13.4. The third kappa shape index (κ3) is 3.50. The molecule has 2 aromatic carbocycles. The number of imidazole rings is 1. The molecule has 0 saturated heterocycles. The second-order valence-electron chi connectivity index (χ2n) is 7.27. The molecule has 0 saturated carbocycles. The molecule has 2 aromatic heterocycles. The van der Waals surface area contributed by atoms with Crippen molar-refractivity contribution in [2.45, 2.75) is 33.2 Å². The van der Waals surface area contributed by atoms with Gasteiger partial charge in [0.05, 0.1) is 10.2 Å². The Morgan fingerprint density at radius 2 is 2.03 bits per heavy atom. The van der Waals surface area contributed by atoms with Crippen LogP contribution in [0.3, 0.4) is 0 Å². The first kappa shape index (κ1) is 20.2. The molecule has 0 radical (unpaired) electrons. The van der Waals surface area contributed by atoms with Gasteiger partial charge in [0.25, 0.3) is 0 Å². The van der Waals surface area contributed by atoms with Crippen LogP contribution in [0.5, 0.6) is 0 Å². The van der Waals surface area contributed by atoms with E-state index in [9.17, 15) is 9.90 Å². The molecule has 0 aliphatic rings. The summed E-state index contributed by atoms with van der Waals surface area (Å²) in [6.07, 6.45) is 1.62. The largest absolute Gasteiger partial charge is 0.477 e. The highest BCUT2D eigenvalue weighted by atomic mass is 79.9. The molecule has 30 heavy (non-hydrogen) atoms. The molecule has 6 nitrogen and oxygen atoms in total. The van der Waals surface area contributed by atoms with E-state index < -0.39 is 5.97 Å². The Hall–Kier alpha value is -3.06. The van der Waals surface area contributed by atoms with Crippen LogP contribution in [0.4, 0.5) is 5.69 Å². The predicted molar refractivity (Wildman–Crippen MR) is 121 cm³/mol. The lowest BCUT2D eigenvalue weighted by atomic mass is 10.1. The fourth-order valence-corrected chi connectivity index (χ4v) is 4.36. The Balaban J connectivity index is 1.78. The Morgan fingerprint density at radius 3 is 2.73 bits per heavy atom. The van der Waals surface area contributed by atoms with Gasteiger partial charge in [0.15, 0.2) is 11.5 Å². The van der Waals surface area contributed by atoms with Crippen molar-refractivity contribution in [2.75, 3.05) is 5.73 Å². The Bertz CT molecular complexity index is 1260. The van der Waals surface area contributed by atoms with Crippen molar-refractivity contribution in [3.63, 3.8) is 0 Å². The van der Waals surface area contributed by atoms with Gasteiger partial charge in [-0.15, -0.1) is 0 Å². The van der Waals surface area contributed by atoms with E-state index in [0.29, 0.717) is 23.7 Å². The van der Waals surface area contributed by atoms with E-state index in [2.05, 4.69) is 27.8 Å². The van der Waals surface area contributed by atoms with Gasteiger partial charge >= 0.3 is 5.97 Å². The normalized spacial score (nSPS) is 11.3. The van der Waals surface area contributed by atoms with Gasteiger partial charge in [-0.1, -0.05) is 25.1 Å². The number of furan rings is 1. The maximum atomic E-state index is 11.8. The van der Waals surface area contributed by atoms with Crippen LogP contribution in [0, 0.1) is 6.92 Å². The van der Waals surface area contributed by atoms with Crippen LogP contribution in [-0.2, 0) is 13.0 Å². The van der Waals surface area contributed by atoms with Gasteiger partial charge in [0, 0.05) is 29.6 Å². The molecule has 154 valence electrons. The first-order chi connectivity index (χ1) is 14.4. The van der Waals surface area contributed by atoms with Crippen molar-refractivity contribution >= 4 is 38.6 Å². The third-order valence-electron chi connectivity index (χ3n) is 5.14. The number of hydrogen-bond acceptors (Lipinski definition) is 4. The lowest BCUT2D eigenvalue weighted by Crippen LogP contribution is -2.13. The molecule has 0 atom stereocenters. The molecule has 0 spiro atoms. The van der Waals surface area contributed by atoms with E-state index >= 15 is 0 Å². The van der Waals surface area contributed by atoms with Crippen LogP contribution in [0.1, 0.15) is 40.9 Å². The maximum Gasteiger partial charge on any atom is 0.354 e. The quantitative estimate of drug-likeness (QED) is 0.357. The van der Waals surface area contributed by atoms with Crippen LogP contribution in [0.2, 0.25) is 0 Å². The molecule has 2 heterocycles. The zero-order valence-electron chi connectivity index (χ0n) is 16.8. The number of carbonyl (C=O) groups is 1. The summed E-state index contributed by atoms with van der Waals surface area (Å²) in [4.78, 5) is 16.3. The topological polar surface area (TPSA) is 94.3 Å². The number of carboxylic acid groups (broad SMARTS) is 1. The number of nitrogen functional groups attached to an aromatic ring is 1. The summed E-state index contributed by atoms with van der Waals surface area (Å²) in [5, 5.41) is 10.6. The number of rotatable bonds is 6. The van der Waals surface area contributed by atoms with Crippen LogP contribution >= 0.6 is 15.9 Å². The van der Waals surface area contributed by atoms with Crippen molar-refractivity contribution in [1.29, 1.82) is 0 Å². The molecule has 0 aliphatic heterocycles. The minimum absolute atomic E-state index is 0.238. The van der Waals surface area contributed by atoms with Gasteiger partial charge in [-0.05, 0) is 59.1 Å². The summed E-state index contributed by atoms with van der Waals surface area (Å²) in [5.74, 6) is 0.503. The highest BCUT2D eigenvalue weighted by Gasteiger charge is 2.21. The minimum atomic E-state index is -0.963. The average Bonchev–Trinajstić information content (AvgIpc) is 3.19. The summed E-state index contributed by atoms with van der Waals surface area (Å²) >= 11 is 3.66. The fourth-order valence-electron chi connectivity index (χ4n) is 3.76. The van der Waals surface area contributed by atoms with Crippen molar-refractivity contribution in [2.24, 2.45) is 0 Å². The standard InChI is InChI=1S/C23H22BrN3O3/c1-3-6-19-26-13(2)21(23(28)29)27(19)12-14-9-10-18-16(11-14)20(24)22(30-18)15-7-4-5-8-17(15)25/h4-5,7-11H,3,6,12,25H2,1-2H3,(H,28,29). The zero-order chi connectivity index (χ0) is 21.4. The number of nitrogens with two attached hydrogens (primary N) is 1. The molecule has 7 heteroatoms. The first-order valence-electron chi connectivity index (χ1n) is 9.75. The van der Waals surface area contributed by atoms with Crippen molar-refractivity contribution < 1.29 is 14.3 Å². The van der Waals surface area contributed by atoms with E-state index in [1.165, 1.54) is 0 Å². The molecule has 4 rings (SSSR count). The molecule has 0 amide bonds. The van der Waals surface area contributed by atoms with E-state index in [0.717, 1.165) is 45.2 Å². The predicted octanol–water partition coefficient (Wildman–Crippen LogP) is 5.65. The highest BCUT2D eigenvalue weighted by Crippen LogP contribution is 2.40. The smallest absolute Gasteiger partial charge is 0.354 e. The number of aromatic nitrogens is 2. The van der Waals surface area contributed by atoms with Gasteiger partial charge < -0.3 is 19.8 Å². The van der Waals surface area contributed by atoms with Gasteiger partial charge in [-0.25, -0.2) is 9.78 Å². The average molecular weight is 468 g/mol. The Kier molecular flexibility index (Phi) is 5.39. The van der Waals surface area contributed by atoms with Crippen molar-refractivity contribution in [3.05, 3.63) is 69.7 Å². The van der Waals surface area contributed by atoms with Crippen LogP contribution in [-0.4, -0.2) is 20.6 Å². The van der Waals surface area contributed by atoms with E-state index in [1.54, 1.807) is 11.5 Å². The molecule has 0 bridgehead atoms. The van der Waals surface area contributed by atoms with E-state index in [4.69, 9.17) is 10.2 Å². The monoisotopic (exact) mass is 467 g/mol. The van der Waals surface area contributed by atoms with Crippen LogP contribution in [0.15, 0.2) is 51.4 Å².